The molecule has 1 saturated carbocycles. The van der Waals surface area contributed by atoms with E-state index in [2.05, 4.69) is 52.4 Å². The second kappa shape index (κ2) is 10.4. The quantitative estimate of drug-likeness (QED) is 0.256. The van der Waals surface area contributed by atoms with Crippen molar-refractivity contribution in [3.05, 3.63) is 69.5 Å². The summed E-state index contributed by atoms with van der Waals surface area (Å²) >= 11 is 6.77. The molecule has 1 fully saturated rings. The minimum absolute atomic E-state index is 0.00807. The maximum absolute atomic E-state index is 14.0. The van der Waals surface area contributed by atoms with E-state index in [0.717, 1.165) is 29.4 Å². The van der Waals surface area contributed by atoms with Crippen LogP contribution >= 0.6 is 11.6 Å². The van der Waals surface area contributed by atoms with E-state index in [1.807, 2.05) is 16.8 Å². The first kappa shape index (κ1) is 26.8. The molecule has 0 spiro atoms. The highest BCUT2D eigenvalue weighted by Gasteiger charge is 2.33. The number of fused-ring (bicyclic) bond motifs is 1. The number of nitrogens with zero attached hydrogens (tertiary/aromatic N) is 6. The number of hydrogen-bond donors (Lipinski definition) is 1. The van der Waals surface area contributed by atoms with Crippen LogP contribution in [0.5, 0.6) is 5.88 Å². The van der Waals surface area contributed by atoms with Crippen LogP contribution in [0.2, 0.25) is 5.02 Å². The number of aromatic nitrogens is 5. The Morgan fingerprint density at radius 3 is 2.69 bits per heavy atom. The largest absolute Gasteiger partial charge is 0.480 e. The van der Waals surface area contributed by atoms with E-state index in [4.69, 9.17) is 16.3 Å². The Hall–Kier alpha value is -3.77. The van der Waals surface area contributed by atoms with Gasteiger partial charge in [-0.05, 0) is 60.9 Å². The van der Waals surface area contributed by atoms with E-state index < -0.39 is 5.95 Å². The summed E-state index contributed by atoms with van der Waals surface area (Å²) in [5.41, 5.74) is 4.71. The van der Waals surface area contributed by atoms with Crippen molar-refractivity contribution in [2.75, 3.05) is 19.0 Å². The maximum atomic E-state index is 14.0. The first-order valence-corrected chi connectivity index (χ1v) is 13.3. The van der Waals surface area contributed by atoms with Crippen LogP contribution in [0, 0.1) is 29.6 Å². The molecule has 8 nitrogen and oxygen atoms in total. The van der Waals surface area contributed by atoms with Gasteiger partial charge in [0.1, 0.15) is 11.8 Å². The van der Waals surface area contributed by atoms with Crippen LogP contribution in [0.3, 0.4) is 0 Å². The van der Waals surface area contributed by atoms with Crippen LogP contribution in [0.25, 0.3) is 10.9 Å². The van der Waals surface area contributed by atoms with E-state index >= 15 is 0 Å². The van der Waals surface area contributed by atoms with Crippen molar-refractivity contribution in [3.8, 4) is 11.9 Å². The average Bonchev–Trinajstić information content (AvgIpc) is 3.64. The summed E-state index contributed by atoms with van der Waals surface area (Å²) in [5, 5.41) is 23.5. The summed E-state index contributed by atoms with van der Waals surface area (Å²) < 4.78 is 21.6. The normalized spacial score (nSPS) is 14.3. The van der Waals surface area contributed by atoms with E-state index in [1.54, 1.807) is 26.3 Å². The predicted octanol–water partition coefficient (Wildman–Crippen LogP) is 6.37. The van der Waals surface area contributed by atoms with Crippen molar-refractivity contribution in [2.45, 2.75) is 58.9 Å². The van der Waals surface area contributed by atoms with Crippen LogP contribution in [-0.4, -0.2) is 38.6 Å². The molecule has 0 aliphatic heterocycles. The summed E-state index contributed by atoms with van der Waals surface area (Å²) in [6.45, 7) is 8.82. The fourth-order valence-corrected chi connectivity index (χ4v) is 5.12. The maximum Gasteiger partial charge on any atom is 0.236 e. The fraction of sp³-hybridized carbons (Fsp3) is 0.414. The summed E-state index contributed by atoms with van der Waals surface area (Å²) in [6, 6.07) is 9.52. The number of rotatable bonds is 8. The SMILES string of the molecule is COc1c([C@@H](Cc2cc(Cl)c3ncc(C#N)c(NCC(C)(C)C)c3c2)c2ccc(F)nc2C)nnn1C1CC1. The van der Waals surface area contributed by atoms with Gasteiger partial charge in [0.05, 0.1) is 34.9 Å². The standard InChI is InChI=1S/C29H31ClFN7O/c1-16-20(8-9-24(31)35-16)21(27-28(39-5)38(37-36-27)19-6-7-19)10-17-11-22-25(34-15-29(2,3)4)18(13-32)14-33-26(22)23(30)12-17/h8-9,11-12,14,19,21H,6-7,10,15H2,1-5H3,(H,33,34)/t21-/m0/s1. The number of hydrogen-bond acceptors (Lipinski definition) is 7. The van der Waals surface area contributed by atoms with Crippen molar-refractivity contribution in [3.63, 3.8) is 0 Å². The fourth-order valence-electron chi connectivity index (χ4n) is 4.83. The van der Waals surface area contributed by atoms with Crippen molar-refractivity contribution in [1.29, 1.82) is 5.26 Å². The molecule has 1 aliphatic rings. The third-order valence-corrected chi connectivity index (χ3v) is 7.19. The van der Waals surface area contributed by atoms with Gasteiger partial charge in [-0.1, -0.05) is 43.7 Å². The zero-order valence-corrected chi connectivity index (χ0v) is 23.5. The number of ether oxygens (including phenoxy) is 1. The highest BCUT2D eigenvalue weighted by molar-refractivity contribution is 6.35. The predicted molar refractivity (Wildman–Crippen MR) is 149 cm³/mol. The summed E-state index contributed by atoms with van der Waals surface area (Å²) in [7, 11) is 1.61. The van der Waals surface area contributed by atoms with Gasteiger partial charge in [-0.15, -0.1) is 5.10 Å². The molecular formula is C29H31ClFN7O. The molecular weight excluding hydrogens is 517 g/mol. The van der Waals surface area contributed by atoms with Crippen LogP contribution in [-0.2, 0) is 6.42 Å². The molecule has 0 amide bonds. The first-order chi connectivity index (χ1) is 18.6. The molecule has 3 heterocycles. The molecule has 3 aromatic heterocycles. The zero-order valence-electron chi connectivity index (χ0n) is 22.7. The highest BCUT2D eigenvalue weighted by Crippen LogP contribution is 2.42. The Balaban J connectivity index is 1.64. The highest BCUT2D eigenvalue weighted by atomic mass is 35.5. The van der Waals surface area contributed by atoms with E-state index in [0.29, 0.717) is 52.0 Å². The van der Waals surface area contributed by atoms with Gasteiger partial charge in [0, 0.05) is 29.7 Å². The molecule has 202 valence electrons. The Labute approximate surface area is 232 Å². The molecule has 1 atom stereocenters. The number of benzene rings is 1. The molecule has 4 aromatic rings. The van der Waals surface area contributed by atoms with Gasteiger partial charge >= 0.3 is 0 Å². The second-order valence-corrected chi connectivity index (χ2v) is 11.7. The lowest BCUT2D eigenvalue weighted by Gasteiger charge is -2.22. The number of pyridine rings is 2. The molecule has 10 heteroatoms. The molecule has 1 aliphatic carbocycles. The Morgan fingerprint density at radius 1 is 1.28 bits per heavy atom. The zero-order chi connectivity index (χ0) is 27.9. The Kier molecular flexibility index (Phi) is 7.17. The number of halogens is 2. The van der Waals surface area contributed by atoms with Crippen LogP contribution < -0.4 is 10.1 Å². The van der Waals surface area contributed by atoms with Gasteiger partial charge in [0.25, 0.3) is 0 Å². The van der Waals surface area contributed by atoms with Crippen molar-refractivity contribution in [1.82, 2.24) is 25.0 Å². The first-order valence-electron chi connectivity index (χ1n) is 13.0. The minimum atomic E-state index is -0.540. The second-order valence-electron chi connectivity index (χ2n) is 11.3. The monoisotopic (exact) mass is 547 g/mol. The summed E-state index contributed by atoms with van der Waals surface area (Å²) in [5.74, 6) is -0.270. The number of aryl methyl sites for hydroxylation is 1. The van der Waals surface area contributed by atoms with Gasteiger partial charge in [-0.3, -0.25) is 4.98 Å². The number of nitrogens with one attached hydrogen (secondary N) is 1. The van der Waals surface area contributed by atoms with E-state index in [1.165, 1.54) is 6.07 Å². The van der Waals surface area contributed by atoms with Gasteiger partial charge < -0.3 is 10.1 Å². The van der Waals surface area contributed by atoms with Gasteiger partial charge in [0.2, 0.25) is 11.8 Å². The number of methoxy groups -OCH3 is 1. The smallest absolute Gasteiger partial charge is 0.236 e. The van der Waals surface area contributed by atoms with E-state index in [9.17, 15) is 9.65 Å². The molecule has 0 saturated heterocycles. The summed E-state index contributed by atoms with van der Waals surface area (Å²) in [4.78, 5) is 8.56. The molecule has 1 aromatic carbocycles. The molecule has 0 unspecified atom stereocenters. The minimum Gasteiger partial charge on any atom is -0.480 e. The van der Waals surface area contributed by atoms with E-state index in [-0.39, 0.29) is 17.4 Å². The Bertz CT molecular complexity index is 1580. The van der Waals surface area contributed by atoms with Gasteiger partial charge in [-0.2, -0.15) is 9.65 Å². The molecule has 0 bridgehead atoms. The summed E-state index contributed by atoms with van der Waals surface area (Å²) in [6.07, 6.45) is 4.08. The lowest BCUT2D eigenvalue weighted by molar-refractivity contribution is 0.355. The average molecular weight is 548 g/mol. The number of anilines is 1. The van der Waals surface area contributed by atoms with Crippen molar-refractivity contribution in [2.24, 2.45) is 5.41 Å². The Morgan fingerprint density at radius 2 is 2.05 bits per heavy atom. The topological polar surface area (TPSA) is 102 Å². The van der Waals surface area contributed by atoms with Gasteiger partial charge in [0.15, 0.2) is 0 Å². The molecule has 1 N–H and O–H groups in total. The van der Waals surface area contributed by atoms with Crippen molar-refractivity contribution >= 4 is 28.2 Å². The van der Waals surface area contributed by atoms with Gasteiger partial charge in [-0.25, -0.2) is 9.67 Å². The van der Waals surface area contributed by atoms with Crippen molar-refractivity contribution < 1.29 is 9.13 Å². The van der Waals surface area contributed by atoms with Crippen LogP contribution in [0.15, 0.2) is 30.5 Å². The molecule has 5 rings (SSSR count). The van der Waals surface area contributed by atoms with Crippen LogP contribution in [0.4, 0.5) is 10.1 Å². The number of nitriles is 1. The molecule has 39 heavy (non-hydrogen) atoms. The lowest BCUT2D eigenvalue weighted by atomic mass is 9.87. The lowest BCUT2D eigenvalue weighted by Crippen LogP contribution is -2.19. The third kappa shape index (κ3) is 5.52. The third-order valence-electron chi connectivity index (χ3n) is 6.90. The van der Waals surface area contributed by atoms with Crippen LogP contribution in [0.1, 0.15) is 73.7 Å². The molecule has 0 radical (unpaired) electrons.